The van der Waals surface area contributed by atoms with Crippen molar-refractivity contribution < 1.29 is 14.4 Å². The van der Waals surface area contributed by atoms with Gasteiger partial charge in [-0.1, -0.05) is 96.0 Å². The maximum absolute atomic E-state index is 15.7. The molecule has 220 valence electrons. The molecule has 0 saturated carbocycles. The van der Waals surface area contributed by atoms with Crippen LogP contribution in [0.3, 0.4) is 0 Å². The summed E-state index contributed by atoms with van der Waals surface area (Å²) >= 11 is 15.7. The van der Waals surface area contributed by atoms with Gasteiger partial charge >= 0.3 is 0 Å². The quantitative estimate of drug-likeness (QED) is 0.137. The third-order valence-corrected chi connectivity index (χ3v) is 11.3. The molecular weight excluding hydrogens is 718 g/mol. The van der Waals surface area contributed by atoms with Crippen molar-refractivity contribution in [1.82, 2.24) is 0 Å². The van der Waals surface area contributed by atoms with E-state index >= 15 is 9.59 Å². The van der Waals surface area contributed by atoms with Crippen LogP contribution in [-0.4, -0.2) is 17.4 Å². The van der Waals surface area contributed by atoms with E-state index in [4.69, 9.17) is 28.0 Å². The van der Waals surface area contributed by atoms with Crippen LogP contribution in [0.25, 0.3) is 0 Å². The molecule has 3 aliphatic carbocycles. The highest BCUT2D eigenvalue weighted by atomic mass is 127. The molecule has 5 nitrogen and oxygen atoms in total. The van der Waals surface area contributed by atoms with Crippen LogP contribution in [0.2, 0.25) is 10.0 Å². The van der Waals surface area contributed by atoms with Crippen LogP contribution in [0.15, 0.2) is 121 Å². The van der Waals surface area contributed by atoms with Crippen molar-refractivity contribution >= 4 is 69.0 Å². The standard InChI is InChI=1S/C37H23Cl2IN2O3/c38-21-14-19-29(30(39)20-21)33-36-31-25-10-4-6-12-27(25)32(28-13-7-5-11-26(28)31)37(36,45-42(33)24-8-2-1-3-9-24)35(44)41(34(36)43)23-17-15-22(40)16-18-23/h1-20,31-33H. The second-order valence-corrected chi connectivity index (χ2v) is 14.1. The molecular formula is C37H23Cl2IN2O3. The number of hydrogen-bond donors (Lipinski definition) is 0. The van der Waals surface area contributed by atoms with Gasteiger partial charge < -0.3 is 0 Å². The molecule has 10 rings (SSSR count). The molecule has 3 atom stereocenters. The van der Waals surface area contributed by atoms with Crippen molar-refractivity contribution in [2.45, 2.75) is 23.5 Å². The average Bonchev–Trinajstić information content (AvgIpc) is 3.49. The van der Waals surface area contributed by atoms with Crippen LogP contribution in [0.5, 0.6) is 0 Å². The Kier molecular flexibility index (Phi) is 5.92. The van der Waals surface area contributed by atoms with E-state index < -0.39 is 28.9 Å². The molecule has 0 N–H and O–H groups in total. The molecule has 2 amide bonds. The van der Waals surface area contributed by atoms with Gasteiger partial charge in [-0.15, -0.1) is 0 Å². The van der Waals surface area contributed by atoms with Gasteiger partial charge in [0.2, 0.25) is 11.5 Å². The summed E-state index contributed by atoms with van der Waals surface area (Å²) in [7, 11) is 0. The number of carbonyl (C=O) groups is 2. The van der Waals surface area contributed by atoms with Gasteiger partial charge in [-0.05, 0) is 98.9 Å². The number of nitrogens with zero attached hydrogens (tertiary/aromatic N) is 2. The fourth-order valence-electron chi connectivity index (χ4n) is 8.55. The molecule has 0 aromatic heterocycles. The van der Waals surface area contributed by atoms with Crippen LogP contribution in [-0.2, 0) is 14.4 Å². The number of hydroxylamine groups is 1. The molecule has 2 fully saturated rings. The van der Waals surface area contributed by atoms with E-state index in [1.54, 1.807) is 17.2 Å². The summed E-state index contributed by atoms with van der Waals surface area (Å²) in [6.07, 6.45) is 0. The summed E-state index contributed by atoms with van der Waals surface area (Å²) in [5.74, 6) is -1.74. The SMILES string of the molecule is O=C1N(c2ccc(I)cc2)C(=O)C23C4c5ccccc5C(c5ccccc54)C12ON(c1ccccc1)C3c1ccc(Cl)cc1Cl. The first-order valence-electron chi connectivity index (χ1n) is 14.7. The zero-order valence-electron chi connectivity index (χ0n) is 23.5. The fraction of sp³-hybridized carbons (Fsp3) is 0.135. The Hall–Kier alpha value is -3.69. The van der Waals surface area contributed by atoms with Gasteiger partial charge in [-0.25, -0.2) is 9.96 Å². The Labute approximate surface area is 283 Å². The van der Waals surface area contributed by atoms with Crippen molar-refractivity contribution in [2.24, 2.45) is 5.41 Å². The number of halogens is 3. The summed E-state index contributed by atoms with van der Waals surface area (Å²) in [6.45, 7) is 0. The number of carbonyl (C=O) groups excluding carboxylic acids is 2. The lowest BCUT2D eigenvalue weighted by molar-refractivity contribution is -0.153. The molecule has 2 saturated heterocycles. The number of amides is 2. The van der Waals surface area contributed by atoms with Crippen LogP contribution < -0.4 is 9.96 Å². The fourth-order valence-corrected chi connectivity index (χ4v) is 9.42. The molecule has 45 heavy (non-hydrogen) atoms. The number of anilines is 2. The van der Waals surface area contributed by atoms with Gasteiger partial charge in [-0.3, -0.25) is 14.4 Å². The van der Waals surface area contributed by atoms with Crippen molar-refractivity contribution in [3.8, 4) is 0 Å². The van der Waals surface area contributed by atoms with Crippen LogP contribution in [0, 0.1) is 8.99 Å². The van der Waals surface area contributed by atoms with Gasteiger partial charge in [-0.2, -0.15) is 0 Å². The maximum Gasteiger partial charge on any atom is 0.271 e. The number of rotatable bonds is 3. The predicted molar refractivity (Wildman–Crippen MR) is 183 cm³/mol. The monoisotopic (exact) mass is 740 g/mol. The Morgan fingerprint density at radius 2 is 1.20 bits per heavy atom. The van der Waals surface area contributed by atoms with Crippen LogP contribution in [0.4, 0.5) is 11.4 Å². The van der Waals surface area contributed by atoms with Gasteiger partial charge in [0.15, 0.2) is 0 Å². The zero-order chi connectivity index (χ0) is 30.7. The van der Waals surface area contributed by atoms with E-state index in [9.17, 15) is 0 Å². The zero-order valence-corrected chi connectivity index (χ0v) is 27.2. The molecule has 2 heterocycles. The maximum atomic E-state index is 15.7. The first kappa shape index (κ1) is 27.6. The molecule has 0 spiro atoms. The van der Waals surface area contributed by atoms with Gasteiger partial charge in [0.1, 0.15) is 11.5 Å². The Morgan fingerprint density at radius 3 is 1.80 bits per heavy atom. The molecule has 3 unspecified atom stereocenters. The normalized spacial score (nSPS) is 27.3. The summed E-state index contributed by atoms with van der Waals surface area (Å²) in [5, 5.41) is 2.65. The van der Waals surface area contributed by atoms with E-state index in [1.807, 2.05) is 84.9 Å². The number of benzene rings is 5. The molecule has 0 radical (unpaired) electrons. The second kappa shape index (κ2) is 9.66. The largest absolute Gasteiger partial charge is 0.273 e. The first-order chi connectivity index (χ1) is 21.9. The van der Waals surface area contributed by atoms with E-state index in [0.717, 1.165) is 31.5 Å². The van der Waals surface area contributed by atoms with Gasteiger partial charge in [0.05, 0.1) is 17.3 Å². The Balaban J connectivity index is 1.44. The molecule has 2 bridgehead atoms. The van der Waals surface area contributed by atoms with E-state index in [-0.39, 0.29) is 11.8 Å². The van der Waals surface area contributed by atoms with Gasteiger partial charge in [0.25, 0.3) is 5.91 Å². The third kappa shape index (κ3) is 3.33. The summed E-state index contributed by atoms with van der Waals surface area (Å²) in [4.78, 5) is 39.8. The Bertz CT molecular complexity index is 2030. The van der Waals surface area contributed by atoms with E-state index in [2.05, 4.69) is 46.9 Å². The number of para-hydroxylation sites is 1. The average molecular weight is 741 g/mol. The molecule has 5 aliphatic rings. The summed E-state index contributed by atoms with van der Waals surface area (Å²) in [6, 6.07) is 38.0. The molecule has 8 heteroatoms. The van der Waals surface area contributed by atoms with E-state index in [1.165, 1.54) is 4.90 Å². The predicted octanol–water partition coefficient (Wildman–Crippen LogP) is 8.68. The lowest BCUT2D eigenvalue weighted by Gasteiger charge is -2.55. The van der Waals surface area contributed by atoms with Crippen molar-refractivity contribution in [1.29, 1.82) is 0 Å². The minimum atomic E-state index is -1.61. The summed E-state index contributed by atoms with van der Waals surface area (Å²) in [5.41, 5.74) is 2.92. The minimum absolute atomic E-state index is 0.304. The Morgan fingerprint density at radius 1 is 0.622 bits per heavy atom. The van der Waals surface area contributed by atoms with Gasteiger partial charge in [0, 0.05) is 19.5 Å². The van der Waals surface area contributed by atoms with Crippen molar-refractivity contribution in [3.63, 3.8) is 0 Å². The summed E-state index contributed by atoms with van der Waals surface area (Å²) < 4.78 is 1.00. The smallest absolute Gasteiger partial charge is 0.271 e. The van der Waals surface area contributed by atoms with E-state index in [0.29, 0.717) is 21.3 Å². The lowest BCUT2D eigenvalue weighted by atomic mass is 9.43. The molecule has 5 aromatic carbocycles. The first-order valence-corrected chi connectivity index (χ1v) is 16.5. The number of imide groups is 1. The van der Waals surface area contributed by atoms with Crippen molar-refractivity contribution in [3.05, 3.63) is 163 Å². The van der Waals surface area contributed by atoms with Crippen molar-refractivity contribution in [2.75, 3.05) is 9.96 Å². The number of hydrogen-bond acceptors (Lipinski definition) is 4. The molecule has 5 aromatic rings. The molecule has 2 aliphatic heterocycles. The topological polar surface area (TPSA) is 49.9 Å². The minimum Gasteiger partial charge on any atom is -0.273 e. The highest BCUT2D eigenvalue weighted by molar-refractivity contribution is 14.1. The second-order valence-electron chi connectivity index (χ2n) is 12.0. The third-order valence-electron chi connectivity index (χ3n) is 10.1. The highest BCUT2D eigenvalue weighted by Gasteiger charge is 2.88. The van der Waals surface area contributed by atoms with Crippen LogP contribution >= 0.6 is 45.8 Å². The van der Waals surface area contributed by atoms with Crippen LogP contribution in [0.1, 0.15) is 45.7 Å². The lowest BCUT2D eigenvalue weighted by Crippen LogP contribution is -2.63. The highest BCUT2D eigenvalue weighted by Crippen LogP contribution is 2.78.